The molecule has 0 atom stereocenters. The molecule has 0 heterocycles. The van der Waals surface area contributed by atoms with Crippen molar-refractivity contribution in [2.75, 3.05) is 28.4 Å². The van der Waals surface area contributed by atoms with Crippen LogP contribution in [0.4, 0.5) is 0 Å². The lowest BCUT2D eigenvalue weighted by molar-refractivity contribution is 0.203. The van der Waals surface area contributed by atoms with Crippen LogP contribution in [0.25, 0.3) is 0 Å². The SMILES string of the molecule is COP(=O)(O)OC.COP(=O)(O)OC. The first kappa shape index (κ1) is 16.6. The van der Waals surface area contributed by atoms with Crippen LogP contribution in [0, 0.1) is 0 Å². The van der Waals surface area contributed by atoms with E-state index < -0.39 is 15.6 Å². The Morgan fingerprint density at radius 2 is 0.857 bits per heavy atom. The van der Waals surface area contributed by atoms with E-state index >= 15 is 0 Å². The first-order valence-corrected chi connectivity index (χ1v) is 6.12. The van der Waals surface area contributed by atoms with Crippen LogP contribution in [0.15, 0.2) is 0 Å². The fourth-order valence-electron chi connectivity index (χ4n) is 0.149. The van der Waals surface area contributed by atoms with Crippen molar-refractivity contribution in [3.05, 3.63) is 0 Å². The Morgan fingerprint density at radius 3 is 0.857 bits per heavy atom. The Bertz CT molecular complexity index is 187. The van der Waals surface area contributed by atoms with Crippen molar-refractivity contribution >= 4 is 15.6 Å². The van der Waals surface area contributed by atoms with Gasteiger partial charge in [-0.25, -0.2) is 9.13 Å². The molecule has 0 aromatic heterocycles. The van der Waals surface area contributed by atoms with Crippen LogP contribution in [-0.2, 0) is 27.2 Å². The van der Waals surface area contributed by atoms with Gasteiger partial charge in [0.25, 0.3) is 0 Å². The smallest absolute Gasteiger partial charge is 0.303 e. The molecule has 0 aliphatic carbocycles. The van der Waals surface area contributed by atoms with Gasteiger partial charge in [0, 0.05) is 28.4 Å². The Kier molecular flexibility index (Phi) is 8.92. The highest BCUT2D eigenvalue weighted by Gasteiger charge is 2.14. The molecule has 2 N–H and O–H groups in total. The quantitative estimate of drug-likeness (QED) is 0.705. The minimum absolute atomic E-state index is 1.10. The van der Waals surface area contributed by atoms with Crippen molar-refractivity contribution in [1.82, 2.24) is 0 Å². The average Bonchev–Trinajstić information content (AvgIpc) is 2.19. The molecule has 0 amide bonds. The van der Waals surface area contributed by atoms with Crippen LogP contribution in [0.5, 0.6) is 0 Å². The van der Waals surface area contributed by atoms with Crippen LogP contribution < -0.4 is 0 Å². The molecule has 0 spiro atoms. The summed E-state index contributed by atoms with van der Waals surface area (Å²) in [5.74, 6) is 0. The van der Waals surface area contributed by atoms with E-state index in [-0.39, 0.29) is 0 Å². The van der Waals surface area contributed by atoms with Gasteiger partial charge in [-0.1, -0.05) is 0 Å². The second-order valence-electron chi connectivity index (χ2n) is 1.67. The van der Waals surface area contributed by atoms with Crippen molar-refractivity contribution in [2.45, 2.75) is 0 Å². The van der Waals surface area contributed by atoms with Crippen LogP contribution >= 0.6 is 15.6 Å². The molecule has 0 radical (unpaired) electrons. The van der Waals surface area contributed by atoms with E-state index in [2.05, 4.69) is 18.1 Å². The molecule has 88 valence electrons. The first-order chi connectivity index (χ1) is 6.24. The zero-order valence-corrected chi connectivity index (χ0v) is 10.0. The number of hydrogen-bond donors (Lipinski definition) is 2. The summed E-state index contributed by atoms with van der Waals surface area (Å²) in [5, 5.41) is 0. The zero-order valence-electron chi connectivity index (χ0n) is 8.24. The Labute approximate surface area is 82.0 Å². The van der Waals surface area contributed by atoms with Crippen molar-refractivity contribution in [1.29, 1.82) is 0 Å². The summed E-state index contributed by atoms with van der Waals surface area (Å²) in [5.41, 5.74) is 0. The van der Waals surface area contributed by atoms with Crippen LogP contribution in [0.3, 0.4) is 0 Å². The topological polar surface area (TPSA) is 112 Å². The Morgan fingerprint density at radius 1 is 0.714 bits per heavy atom. The van der Waals surface area contributed by atoms with E-state index in [1.165, 1.54) is 0 Å². The summed E-state index contributed by atoms with van der Waals surface area (Å²) < 4.78 is 36.0. The largest absolute Gasteiger partial charge is 0.471 e. The van der Waals surface area contributed by atoms with E-state index in [1.54, 1.807) is 0 Å². The van der Waals surface area contributed by atoms with Gasteiger partial charge in [0.05, 0.1) is 0 Å². The second-order valence-corrected chi connectivity index (χ2v) is 5.00. The molecule has 0 aliphatic heterocycles. The van der Waals surface area contributed by atoms with Gasteiger partial charge >= 0.3 is 15.6 Å². The summed E-state index contributed by atoms with van der Waals surface area (Å²) in [6.45, 7) is 0. The monoisotopic (exact) mass is 252 g/mol. The van der Waals surface area contributed by atoms with Gasteiger partial charge in [-0.05, 0) is 0 Å². The van der Waals surface area contributed by atoms with Crippen LogP contribution in [0.2, 0.25) is 0 Å². The van der Waals surface area contributed by atoms with E-state index in [0.717, 1.165) is 28.4 Å². The Balaban J connectivity index is 0. The highest BCUT2D eigenvalue weighted by molar-refractivity contribution is 7.47. The molecule has 0 fully saturated rings. The third kappa shape index (κ3) is 10.3. The van der Waals surface area contributed by atoms with Crippen LogP contribution in [0.1, 0.15) is 0 Å². The standard InChI is InChI=1S/2C2H7O4P/c2*1-5-7(3,4)6-2/h2*1-2H3,(H,3,4). The number of hydrogen-bond acceptors (Lipinski definition) is 6. The lowest BCUT2D eigenvalue weighted by atomic mass is 11.8. The maximum atomic E-state index is 10.1. The van der Waals surface area contributed by atoms with Gasteiger partial charge in [-0.3, -0.25) is 18.1 Å². The molecule has 0 rings (SSSR count). The summed E-state index contributed by atoms with van der Waals surface area (Å²) in [7, 11) is -2.90. The van der Waals surface area contributed by atoms with Gasteiger partial charge < -0.3 is 9.79 Å². The lowest BCUT2D eigenvalue weighted by Gasteiger charge is -2.01. The van der Waals surface area contributed by atoms with Gasteiger partial charge in [0.15, 0.2) is 0 Å². The van der Waals surface area contributed by atoms with Crippen molar-refractivity contribution < 1.29 is 37.0 Å². The third-order valence-electron chi connectivity index (χ3n) is 0.923. The van der Waals surface area contributed by atoms with E-state index in [0.29, 0.717) is 0 Å². The van der Waals surface area contributed by atoms with Gasteiger partial charge in [-0.2, -0.15) is 0 Å². The van der Waals surface area contributed by atoms with E-state index in [9.17, 15) is 9.13 Å². The Hall–Kier alpha value is 0.220. The number of phosphoric acid groups is 2. The predicted molar refractivity (Wildman–Crippen MR) is 47.7 cm³/mol. The fraction of sp³-hybridized carbons (Fsp3) is 1.00. The summed E-state index contributed by atoms with van der Waals surface area (Å²) in [6.07, 6.45) is 0. The van der Waals surface area contributed by atoms with Gasteiger partial charge in [0.1, 0.15) is 0 Å². The third-order valence-corrected chi connectivity index (χ3v) is 2.77. The van der Waals surface area contributed by atoms with Crippen molar-refractivity contribution in [3.63, 3.8) is 0 Å². The maximum absolute atomic E-state index is 10.1. The van der Waals surface area contributed by atoms with Crippen LogP contribution in [-0.4, -0.2) is 38.2 Å². The molecular weight excluding hydrogens is 238 g/mol. The molecule has 0 saturated carbocycles. The van der Waals surface area contributed by atoms with Crippen molar-refractivity contribution in [2.24, 2.45) is 0 Å². The second kappa shape index (κ2) is 7.50. The molecular formula is C4H14O8P2. The normalized spacial score (nSPS) is 11.9. The van der Waals surface area contributed by atoms with E-state index in [1.807, 2.05) is 0 Å². The summed E-state index contributed by atoms with van der Waals surface area (Å²) in [4.78, 5) is 16.5. The predicted octanol–water partition coefficient (Wildman–Crippen LogP) is 0.759. The first-order valence-electron chi connectivity index (χ1n) is 3.13. The average molecular weight is 252 g/mol. The maximum Gasteiger partial charge on any atom is 0.471 e. The molecule has 0 aromatic carbocycles. The highest BCUT2D eigenvalue weighted by atomic mass is 31.2. The zero-order chi connectivity index (χ0) is 11.8. The molecule has 0 aliphatic rings. The summed E-state index contributed by atoms with van der Waals surface area (Å²) >= 11 is 0. The molecule has 0 bridgehead atoms. The minimum atomic E-state index is -3.65. The highest BCUT2D eigenvalue weighted by Crippen LogP contribution is 2.40. The van der Waals surface area contributed by atoms with Crippen molar-refractivity contribution in [3.8, 4) is 0 Å². The molecule has 10 heteroatoms. The van der Waals surface area contributed by atoms with Gasteiger partial charge in [-0.15, -0.1) is 0 Å². The van der Waals surface area contributed by atoms with Gasteiger partial charge in [0.2, 0.25) is 0 Å². The number of rotatable bonds is 4. The molecule has 0 aromatic rings. The fourth-order valence-corrected chi connectivity index (χ4v) is 0.447. The molecule has 0 saturated heterocycles. The lowest BCUT2D eigenvalue weighted by Crippen LogP contribution is -1.83. The summed E-state index contributed by atoms with van der Waals surface area (Å²) in [6, 6.07) is 0. The molecule has 14 heavy (non-hydrogen) atoms. The minimum Gasteiger partial charge on any atom is -0.303 e. The molecule has 8 nitrogen and oxygen atoms in total. The van der Waals surface area contributed by atoms with E-state index in [4.69, 9.17) is 9.79 Å². The number of phosphoric ester groups is 2. The molecule has 0 unspecified atom stereocenters.